The third-order valence-corrected chi connectivity index (χ3v) is 2.68. The second-order valence-corrected chi connectivity index (χ2v) is 3.94. The number of carboxylic acid groups (broad SMARTS) is 1. The molecule has 2 rings (SSSR count). The number of ether oxygens (including phenoxy) is 1. The largest absolute Gasteiger partial charge is 0.481 e. The number of carboxylic acids is 1. The van der Waals surface area contributed by atoms with Crippen LogP contribution in [0.2, 0.25) is 0 Å². The van der Waals surface area contributed by atoms with Crippen molar-refractivity contribution in [3.63, 3.8) is 0 Å². The molecule has 3 nitrogen and oxygen atoms in total. The number of rotatable bonds is 5. The molecule has 0 saturated heterocycles. The molecule has 0 heterocycles. The highest BCUT2D eigenvalue weighted by atomic mass is 16.5. The predicted molar refractivity (Wildman–Crippen MR) is 55.3 cm³/mol. The van der Waals surface area contributed by atoms with Gasteiger partial charge < -0.3 is 9.84 Å². The van der Waals surface area contributed by atoms with E-state index in [9.17, 15) is 4.79 Å². The van der Waals surface area contributed by atoms with Crippen LogP contribution in [0.5, 0.6) is 0 Å². The maximum Gasteiger partial charge on any atom is 0.306 e. The minimum atomic E-state index is -0.691. The summed E-state index contributed by atoms with van der Waals surface area (Å²) < 4.78 is 5.46. The summed E-state index contributed by atoms with van der Waals surface area (Å²) in [6.45, 7) is 1.13. The summed E-state index contributed by atoms with van der Waals surface area (Å²) in [4.78, 5) is 10.5. The molecule has 0 aromatic heterocycles. The normalized spacial score (nSPS) is 23.7. The van der Waals surface area contributed by atoms with Crippen molar-refractivity contribution in [1.82, 2.24) is 0 Å². The van der Waals surface area contributed by atoms with Crippen LogP contribution in [0.15, 0.2) is 30.3 Å². The van der Waals surface area contributed by atoms with Gasteiger partial charge in [-0.1, -0.05) is 30.3 Å². The zero-order valence-electron chi connectivity index (χ0n) is 8.43. The molecule has 80 valence electrons. The van der Waals surface area contributed by atoms with E-state index < -0.39 is 5.97 Å². The first kappa shape index (κ1) is 10.2. The third kappa shape index (κ3) is 2.80. The number of benzene rings is 1. The molecular formula is C12H14O3. The topological polar surface area (TPSA) is 46.5 Å². The Balaban J connectivity index is 1.67. The zero-order valence-corrected chi connectivity index (χ0v) is 8.43. The SMILES string of the molecule is O=C(O)[C@H]1CC1COCc1ccccc1. The zero-order chi connectivity index (χ0) is 10.7. The predicted octanol–water partition coefficient (Wildman–Crippen LogP) is 1.92. The first-order chi connectivity index (χ1) is 7.27. The molecule has 3 heteroatoms. The van der Waals surface area contributed by atoms with Gasteiger partial charge >= 0.3 is 5.97 Å². The maximum absolute atomic E-state index is 10.5. The molecule has 0 bridgehead atoms. The molecule has 0 aliphatic heterocycles. The fourth-order valence-electron chi connectivity index (χ4n) is 1.64. The van der Waals surface area contributed by atoms with Crippen LogP contribution >= 0.6 is 0 Å². The summed E-state index contributed by atoms with van der Waals surface area (Å²) in [6, 6.07) is 9.90. The van der Waals surface area contributed by atoms with Gasteiger partial charge in [-0.25, -0.2) is 0 Å². The Morgan fingerprint density at radius 3 is 2.73 bits per heavy atom. The molecule has 1 saturated carbocycles. The van der Waals surface area contributed by atoms with Gasteiger partial charge in [0, 0.05) is 0 Å². The van der Waals surface area contributed by atoms with Crippen molar-refractivity contribution in [1.29, 1.82) is 0 Å². The minimum absolute atomic E-state index is 0.166. The Bertz CT molecular complexity index is 334. The van der Waals surface area contributed by atoms with Crippen molar-refractivity contribution < 1.29 is 14.6 Å². The highest BCUT2D eigenvalue weighted by molar-refractivity contribution is 5.73. The number of hydrogen-bond donors (Lipinski definition) is 1. The molecule has 15 heavy (non-hydrogen) atoms. The second kappa shape index (κ2) is 4.45. The van der Waals surface area contributed by atoms with E-state index in [1.54, 1.807) is 0 Å². The molecular weight excluding hydrogens is 192 g/mol. The van der Waals surface area contributed by atoms with Gasteiger partial charge in [0.25, 0.3) is 0 Å². The van der Waals surface area contributed by atoms with Crippen molar-refractivity contribution in [2.24, 2.45) is 11.8 Å². The van der Waals surface area contributed by atoms with Crippen molar-refractivity contribution >= 4 is 5.97 Å². The van der Waals surface area contributed by atoms with E-state index in [2.05, 4.69) is 0 Å². The minimum Gasteiger partial charge on any atom is -0.481 e. The first-order valence-corrected chi connectivity index (χ1v) is 5.12. The Morgan fingerprint density at radius 1 is 1.40 bits per heavy atom. The molecule has 1 fully saturated rings. The molecule has 1 aromatic carbocycles. The quantitative estimate of drug-likeness (QED) is 0.800. The van der Waals surface area contributed by atoms with Crippen LogP contribution in [0.1, 0.15) is 12.0 Å². The van der Waals surface area contributed by atoms with E-state index in [-0.39, 0.29) is 11.8 Å². The lowest BCUT2D eigenvalue weighted by Crippen LogP contribution is -2.04. The molecule has 1 aliphatic carbocycles. The lowest BCUT2D eigenvalue weighted by atomic mass is 10.2. The summed E-state index contributed by atoms with van der Waals surface area (Å²) in [5.74, 6) is -0.629. The van der Waals surface area contributed by atoms with E-state index >= 15 is 0 Å². The Labute approximate surface area is 88.7 Å². The fourth-order valence-corrected chi connectivity index (χ4v) is 1.64. The summed E-state index contributed by atoms with van der Waals surface area (Å²) >= 11 is 0. The molecule has 1 aromatic rings. The Kier molecular flexibility index (Phi) is 3.02. The van der Waals surface area contributed by atoms with Crippen LogP contribution < -0.4 is 0 Å². The molecule has 0 spiro atoms. The van der Waals surface area contributed by atoms with Gasteiger partial charge in [0.05, 0.1) is 19.1 Å². The van der Waals surface area contributed by atoms with Gasteiger partial charge in [0.15, 0.2) is 0 Å². The second-order valence-electron chi connectivity index (χ2n) is 3.94. The van der Waals surface area contributed by atoms with Crippen LogP contribution in [0.3, 0.4) is 0 Å². The van der Waals surface area contributed by atoms with E-state index in [1.807, 2.05) is 30.3 Å². The van der Waals surface area contributed by atoms with Crippen LogP contribution in [-0.2, 0) is 16.1 Å². The van der Waals surface area contributed by atoms with Crippen molar-refractivity contribution in [3.8, 4) is 0 Å². The highest BCUT2D eigenvalue weighted by Gasteiger charge is 2.43. The summed E-state index contributed by atoms with van der Waals surface area (Å²) in [5.41, 5.74) is 1.13. The van der Waals surface area contributed by atoms with Crippen LogP contribution in [0.4, 0.5) is 0 Å². The monoisotopic (exact) mass is 206 g/mol. The van der Waals surface area contributed by atoms with Crippen molar-refractivity contribution in [2.45, 2.75) is 13.0 Å². The molecule has 0 radical (unpaired) electrons. The number of carbonyl (C=O) groups is 1. The molecule has 2 atom stereocenters. The summed E-state index contributed by atoms with van der Waals surface area (Å²) in [6.07, 6.45) is 0.768. The van der Waals surface area contributed by atoms with E-state index in [4.69, 9.17) is 9.84 Å². The van der Waals surface area contributed by atoms with Gasteiger partial charge in [-0.05, 0) is 17.9 Å². The van der Waals surface area contributed by atoms with Gasteiger partial charge in [-0.2, -0.15) is 0 Å². The highest BCUT2D eigenvalue weighted by Crippen LogP contribution is 2.38. The standard InChI is InChI=1S/C12H14O3/c13-12(14)11-6-10(11)8-15-7-9-4-2-1-3-5-9/h1-5,10-11H,6-8H2,(H,13,14)/t10?,11-/m0/s1. The fraction of sp³-hybridized carbons (Fsp3) is 0.417. The molecule has 0 amide bonds. The van der Waals surface area contributed by atoms with E-state index in [0.717, 1.165) is 12.0 Å². The van der Waals surface area contributed by atoms with Gasteiger partial charge in [0.2, 0.25) is 0 Å². The van der Waals surface area contributed by atoms with Gasteiger partial charge in [-0.15, -0.1) is 0 Å². The molecule has 1 N–H and O–H groups in total. The Morgan fingerprint density at radius 2 is 2.13 bits per heavy atom. The third-order valence-electron chi connectivity index (χ3n) is 2.68. The smallest absolute Gasteiger partial charge is 0.306 e. The van der Waals surface area contributed by atoms with Crippen LogP contribution in [0.25, 0.3) is 0 Å². The summed E-state index contributed by atoms with van der Waals surface area (Å²) in [7, 11) is 0. The van der Waals surface area contributed by atoms with E-state index in [1.165, 1.54) is 0 Å². The van der Waals surface area contributed by atoms with E-state index in [0.29, 0.717) is 13.2 Å². The van der Waals surface area contributed by atoms with Crippen LogP contribution in [0, 0.1) is 11.8 Å². The van der Waals surface area contributed by atoms with Crippen molar-refractivity contribution in [2.75, 3.05) is 6.61 Å². The Hall–Kier alpha value is -1.35. The number of aliphatic carboxylic acids is 1. The van der Waals surface area contributed by atoms with Gasteiger partial charge in [0.1, 0.15) is 0 Å². The lowest BCUT2D eigenvalue weighted by Gasteiger charge is -2.02. The van der Waals surface area contributed by atoms with Gasteiger partial charge in [-0.3, -0.25) is 4.79 Å². The van der Waals surface area contributed by atoms with Crippen LogP contribution in [-0.4, -0.2) is 17.7 Å². The first-order valence-electron chi connectivity index (χ1n) is 5.12. The average Bonchev–Trinajstić information content (AvgIpc) is 2.99. The summed E-state index contributed by atoms with van der Waals surface area (Å²) in [5, 5.41) is 8.68. The average molecular weight is 206 g/mol. The maximum atomic E-state index is 10.5. The van der Waals surface area contributed by atoms with Crippen molar-refractivity contribution in [3.05, 3.63) is 35.9 Å². The number of hydrogen-bond acceptors (Lipinski definition) is 2. The molecule has 1 aliphatic rings. The lowest BCUT2D eigenvalue weighted by molar-refractivity contribution is -0.139. The molecule has 1 unspecified atom stereocenters.